The molecule has 1 N–H and O–H groups in total. The van der Waals surface area contributed by atoms with E-state index in [0.717, 1.165) is 0 Å². The van der Waals surface area contributed by atoms with Crippen LogP contribution in [0.3, 0.4) is 0 Å². The Labute approximate surface area is 72.1 Å². The van der Waals surface area contributed by atoms with Gasteiger partial charge < -0.3 is 5.11 Å². The Morgan fingerprint density at radius 2 is 2.00 bits per heavy atom. The number of hydrogen-bond acceptors (Lipinski definition) is 1. The van der Waals surface area contributed by atoms with Crippen LogP contribution in [0.1, 0.15) is 20.8 Å². The summed E-state index contributed by atoms with van der Waals surface area (Å²) in [6, 6.07) is 0. The van der Waals surface area contributed by atoms with Crippen LogP contribution in [0.25, 0.3) is 0 Å². The second-order valence-electron chi connectivity index (χ2n) is 3.87. The third-order valence-electron chi connectivity index (χ3n) is 1.81. The van der Waals surface area contributed by atoms with Crippen molar-refractivity contribution in [1.29, 1.82) is 0 Å². The Morgan fingerprint density at radius 3 is 2.08 bits per heavy atom. The highest BCUT2D eigenvalue weighted by molar-refractivity contribution is 5.73. The highest BCUT2D eigenvalue weighted by Gasteiger charge is 2.34. The molecule has 0 saturated carbocycles. The summed E-state index contributed by atoms with van der Waals surface area (Å²) in [7, 11) is 0. The van der Waals surface area contributed by atoms with Crippen molar-refractivity contribution in [3.05, 3.63) is 12.7 Å². The van der Waals surface area contributed by atoms with Crippen LogP contribution in [0.5, 0.6) is 0 Å². The molecule has 0 rings (SSSR count). The maximum atomic E-state index is 13.0. The number of carbonyl (C=O) groups is 1. The summed E-state index contributed by atoms with van der Waals surface area (Å²) in [5, 5.41) is 8.42. The van der Waals surface area contributed by atoms with E-state index in [1.54, 1.807) is 20.8 Å². The maximum absolute atomic E-state index is 13.0. The van der Waals surface area contributed by atoms with Crippen LogP contribution in [0.2, 0.25) is 0 Å². The fraction of sp³-hybridized carbons (Fsp3) is 0.667. The lowest BCUT2D eigenvalue weighted by Gasteiger charge is -2.28. The van der Waals surface area contributed by atoms with Crippen LogP contribution in [0.15, 0.2) is 12.7 Å². The predicted molar refractivity (Wildman–Crippen MR) is 45.7 cm³/mol. The molecule has 2 atom stereocenters. The van der Waals surface area contributed by atoms with Crippen molar-refractivity contribution in [3.8, 4) is 0 Å². The monoisotopic (exact) mass is 174 g/mol. The Bertz CT molecular complexity index is 181. The first-order chi connectivity index (χ1) is 5.30. The minimum absolute atomic E-state index is 0.403. The first-order valence-corrected chi connectivity index (χ1v) is 3.80. The fourth-order valence-corrected chi connectivity index (χ4v) is 1.07. The van der Waals surface area contributed by atoms with Crippen molar-refractivity contribution in [2.75, 3.05) is 0 Å². The quantitative estimate of drug-likeness (QED) is 0.666. The van der Waals surface area contributed by atoms with Crippen LogP contribution in [0.4, 0.5) is 4.39 Å². The van der Waals surface area contributed by atoms with Crippen LogP contribution in [0, 0.1) is 11.3 Å². The number of carboxylic acids is 1. The maximum Gasteiger partial charge on any atom is 0.338 e. The van der Waals surface area contributed by atoms with E-state index in [4.69, 9.17) is 5.11 Å². The lowest BCUT2D eigenvalue weighted by atomic mass is 9.78. The van der Waals surface area contributed by atoms with Crippen LogP contribution < -0.4 is 0 Å². The normalized spacial score (nSPS) is 16.7. The van der Waals surface area contributed by atoms with Gasteiger partial charge in [0.15, 0.2) is 0 Å². The van der Waals surface area contributed by atoms with Gasteiger partial charge in [-0.2, -0.15) is 0 Å². The number of allylic oxidation sites excluding steroid dienone is 1. The van der Waals surface area contributed by atoms with Gasteiger partial charge in [-0.3, -0.25) is 0 Å². The minimum Gasteiger partial charge on any atom is -0.479 e. The molecule has 0 aromatic rings. The van der Waals surface area contributed by atoms with Gasteiger partial charge in [-0.1, -0.05) is 26.8 Å². The van der Waals surface area contributed by atoms with Gasteiger partial charge in [-0.15, -0.1) is 6.58 Å². The lowest BCUT2D eigenvalue weighted by Crippen LogP contribution is -2.33. The molecule has 0 amide bonds. The topological polar surface area (TPSA) is 37.3 Å². The lowest BCUT2D eigenvalue weighted by molar-refractivity contribution is -0.145. The number of aliphatic carboxylic acids is 1. The van der Waals surface area contributed by atoms with Gasteiger partial charge in [-0.25, -0.2) is 9.18 Å². The van der Waals surface area contributed by atoms with Crippen molar-refractivity contribution in [3.63, 3.8) is 0 Å². The third kappa shape index (κ3) is 2.64. The molecular formula is C9H15FO2. The van der Waals surface area contributed by atoms with Gasteiger partial charge in [-0.05, 0) is 5.41 Å². The highest BCUT2D eigenvalue weighted by Crippen LogP contribution is 2.31. The molecule has 0 unspecified atom stereocenters. The van der Waals surface area contributed by atoms with Crippen LogP contribution in [-0.2, 0) is 4.79 Å². The molecule has 0 spiro atoms. The minimum atomic E-state index is -1.86. The third-order valence-corrected chi connectivity index (χ3v) is 1.81. The van der Waals surface area contributed by atoms with Crippen LogP contribution in [-0.4, -0.2) is 17.2 Å². The molecule has 0 heterocycles. The standard InChI is InChI=1S/C9H15FO2/c1-5-6(9(2,3)4)7(10)8(11)12/h5-7H,1H2,2-4H3,(H,11,12)/t6-,7-/m0/s1. The number of hydrogen-bond donors (Lipinski definition) is 1. The fourth-order valence-electron chi connectivity index (χ4n) is 1.07. The average Bonchev–Trinajstić information content (AvgIpc) is 1.85. The largest absolute Gasteiger partial charge is 0.479 e. The molecule has 0 aromatic carbocycles. The van der Waals surface area contributed by atoms with Gasteiger partial charge >= 0.3 is 5.97 Å². The first kappa shape index (κ1) is 11.1. The summed E-state index contributed by atoms with van der Waals surface area (Å²) in [5.41, 5.74) is -0.403. The molecule has 12 heavy (non-hydrogen) atoms. The molecule has 70 valence electrons. The van der Waals surface area contributed by atoms with Crippen LogP contribution >= 0.6 is 0 Å². The zero-order chi connectivity index (χ0) is 9.94. The summed E-state index contributed by atoms with van der Waals surface area (Å²) in [5.74, 6) is -2.06. The second kappa shape index (κ2) is 3.70. The summed E-state index contributed by atoms with van der Waals surface area (Å²) >= 11 is 0. The summed E-state index contributed by atoms with van der Waals surface area (Å²) in [6.07, 6.45) is -0.499. The SMILES string of the molecule is C=C[C@@H]([C@H](F)C(=O)O)C(C)(C)C. The number of alkyl halides is 1. The van der Waals surface area contributed by atoms with Gasteiger partial charge in [0.25, 0.3) is 0 Å². The average molecular weight is 174 g/mol. The predicted octanol–water partition coefficient (Wildman–Crippen LogP) is 2.26. The Kier molecular flexibility index (Phi) is 3.43. The molecule has 0 aliphatic carbocycles. The number of halogens is 1. The highest BCUT2D eigenvalue weighted by atomic mass is 19.1. The van der Waals surface area contributed by atoms with E-state index in [1.165, 1.54) is 6.08 Å². The smallest absolute Gasteiger partial charge is 0.338 e. The van der Waals surface area contributed by atoms with E-state index in [9.17, 15) is 9.18 Å². The van der Waals surface area contributed by atoms with Gasteiger partial charge in [0.05, 0.1) is 0 Å². The van der Waals surface area contributed by atoms with E-state index in [-0.39, 0.29) is 0 Å². The molecule has 0 aromatic heterocycles. The van der Waals surface area contributed by atoms with E-state index in [1.807, 2.05) is 0 Å². The van der Waals surface area contributed by atoms with E-state index >= 15 is 0 Å². The Hall–Kier alpha value is -0.860. The van der Waals surface area contributed by atoms with E-state index in [2.05, 4.69) is 6.58 Å². The molecule has 0 bridgehead atoms. The van der Waals surface area contributed by atoms with Crippen molar-refractivity contribution in [1.82, 2.24) is 0 Å². The molecular weight excluding hydrogens is 159 g/mol. The molecule has 0 radical (unpaired) electrons. The van der Waals surface area contributed by atoms with E-state index < -0.39 is 23.5 Å². The molecule has 0 aliphatic heterocycles. The Balaban J connectivity index is 4.57. The van der Waals surface area contributed by atoms with Gasteiger partial charge in [0, 0.05) is 5.92 Å². The number of carboxylic acid groups (broad SMARTS) is 1. The van der Waals surface area contributed by atoms with Crippen molar-refractivity contribution < 1.29 is 14.3 Å². The number of rotatable bonds is 3. The Morgan fingerprint density at radius 1 is 1.58 bits per heavy atom. The first-order valence-electron chi connectivity index (χ1n) is 3.80. The van der Waals surface area contributed by atoms with Crippen molar-refractivity contribution in [2.45, 2.75) is 26.9 Å². The summed E-state index contributed by atoms with van der Waals surface area (Å²) in [4.78, 5) is 10.3. The molecule has 0 saturated heterocycles. The summed E-state index contributed by atoms with van der Waals surface area (Å²) in [6.45, 7) is 8.79. The molecule has 0 fully saturated rings. The molecule has 2 nitrogen and oxygen atoms in total. The zero-order valence-electron chi connectivity index (χ0n) is 7.67. The van der Waals surface area contributed by atoms with E-state index in [0.29, 0.717) is 0 Å². The van der Waals surface area contributed by atoms with Gasteiger partial charge in [0.2, 0.25) is 6.17 Å². The van der Waals surface area contributed by atoms with Crippen molar-refractivity contribution in [2.24, 2.45) is 11.3 Å². The van der Waals surface area contributed by atoms with Crippen molar-refractivity contribution >= 4 is 5.97 Å². The molecule has 3 heteroatoms. The van der Waals surface area contributed by atoms with Gasteiger partial charge in [0.1, 0.15) is 0 Å². The molecule has 0 aliphatic rings. The zero-order valence-corrected chi connectivity index (χ0v) is 7.67. The second-order valence-corrected chi connectivity index (χ2v) is 3.87. The summed E-state index contributed by atoms with van der Waals surface area (Å²) < 4.78 is 13.0.